The Kier molecular flexibility index (Phi) is 3.37. The molecule has 1 aromatic heterocycles. The summed E-state index contributed by atoms with van der Waals surface area (Å²) in [7, 11) is 0. The topological polar surface area (TPSA) is 27.8 Å². The van der Waals surface area contributed by atoms with Gasteiger partial charge in [-0.2, -0.15) is 0 Å². The molecule has 0 saturated heterocycles. The lowest BCUT2D eigenvalue weighted by molar-refractivity contribution is 0.646. The Balaban J connectivity index is 1.66. The molecule has 0 unspecified atom stereocenters. The largest absolute Gasteiger partial charge is 0.361 e. The highest BCUT2D eigenvalue weighted by molar-refractivity contribution is 5.83. The van der Waals surface area contributed by atoms with Crippen LogP contribution in [0, 0.1) is 0 Å². The van der Waals surface area contributed by atoms with Crippen LogP contribution in [0.25, 0.3) is 10.9 Å². The van der Waals surface area contributed by atoms with E-state index in [4.69, 9.17) is 0 Å². The van der Waals surface area contributed by atoms with Crippen LogP contribution in [-0.2, 0) is 12.8 Å². The minimum Gasteiger partial charge on any atom is -0.361 e. The van der Waals surface area contributed by atoms with E-state index in [9.17, 15) is 0 Å². The number of fused-ring (bicyclic) bond motifs is 1. The van der Waals surface area contributed by atoms with Crippen LogP contribution < -0.4 is 5.32 Å². The van der Waals surface area contributed by atoms with Crippen molar-refractivity contribution in [1.29, 1.82) is 0 Å². The van der Waals surface area contributed by atoms with Gasteiger partial charge in [0.15, 0.2) is 0 Å². The first kappa shape index (κ1) is 11.8. The summed E-state index contributed by atoms with van der Waals surface area (Å²) >= 11 is 0. The number of aromatic nitrogens is 1. The van der Waals surface area contributed by atoms with Crippen molar-refractivity contribution in [2.45, 2.75) is 45.1 Å². The van der Waals surface area contributed by atoms with Gasteiger partial charge in [0.2, 0.25) is 0 Å². The van der Waals surface area contributed by atoms with Gasteiger partial charge in [0, 0.05) is 23.1 Å². The molecule has 1 aliphatic rings. The molecule has 2 heteroatoms. The van der Waals surface area contributed by atoms with E-state index in [-0.39, 0.29) is 0 Å². The summed E-state index contributed by atoms with van der Waals surface area (Å²) in [6, 6.07) is 7.60. The summed E-state index contributed by atoms with van der Waals surface area (Å²) in [6.07, 6.45) is 8.47. The molecular weight excluding hydrogens is 220 g/mol. The molecule has 1 heterocycles. The molecule has 0 amide bonds. The first-order valence-corrected chi connectivity index (χ1v) is 7.19. The molecule has 3 rings (SSSR count). The molecule has 18 heavy (non-hydrogen) atoms. The molecule has 0 radical (unpaired) electrons. The summed E-state index contributed by atoms with van der Waals surface area (Å²) < 4.78 is 0. The predicted molar refractivity (Wildman–Crippen MR) is 77.0 cm³/mol. The molecule has 1 fully saturated rings. The first-order valence-electron chi connectivity index (χ1n) is 7.19. The summed E-state index contributed by atoms with van der Waals surface area (Å²) in [6.45, 7) is 3.37. The van der Waals surface area contributed by atoms with E-state index in [1.807, 2.05) is 0 Å². The zero-order valence-corrected chi connectivity index (χ0v) is 11.1. The van der Waals surface area contributed by atoms with Crippen molar-refractivity contribution in [2.24, 2.45) is 0 Å². The number of rotatable bonds is 6. The molecule has 1 aliphatic carbocycles. The second-order valence-electron chi connectivity index (χ2n) is 5.38. The molecule has 1 aromatic carbocycles. The molecule has 2 nitrogen and oxygen atoms in total. The molecule has 96 valence electrons. The minimum absolute atomic E-state index is 0.833. The number of aromatic amines is 1. The van der Waals surface area contributed by atoms with E-state index in [0.29, 0.717) is 0 Å². The molecule has 0 bridgehead atoms. The minimum atomic E-state index is 0.833. The van der Waals surface area contributed by atoms with E-state index >= 15 is 0 Å². The van der Waals surface area contributed by atoms with Crippen LogP contribution in [0.2, 0.25) is 0 Å². The van der Waals surface area contributed by atoms with Crippen molar-refractivity contribution in [2.75, 3.05) is 6.54 Å². The Morgan fingerprint density at radius 2 is 2.22 bits per heavy atom. The van der Waals surface area contributed by atoms with Crippen molar-refractivity contribution >= 4 is 10.9 Å². The average molecular weight is 242 g/mol. The summed E-state index contributed by atoms with van der Waals surface area (Å²) in [4.78, 5) is 3.38. The van der Waals surface area contributed by atoms with Crippen molar-refractivity contribution in [3.05, 3.63) is 35.5 Å². The van der Waals surface area contributed by atoms with Gasteiger partial charge in [0.1, 0.15) is 0 Å². The second-order valence-corrected chi connectivity index (χ2v) is 5.38. The highest BCUT2D eigenvalue weighted by Gasteiger charge is 2.19. The monoisotopic (exact) mass is 242 g/mol. The standard InChI is InChI=1S/C16H22N2/c1-2-12-5-8-16-15(10-12)13(11-18-16)4-3-9-17-14-6-7-14/h5,8,10-11,14,17-18H,2-4,6-7,9H2,1H3. The van der Waals surface area contributed by atoms with Crippen molar-refractivity contribution in [3.8, 4) is 0 Å². The maximum Gasteiger partial charge on any atom is 0.0456 e. The molecule has 2 aromatic rings. The number of hydrogen-bond donors (Lipinski definition) is 2. The quantitative estimate of drug-likeness (QED) is 0.746. The predicted octanol–water partition coefficient (Wildman–Crippen LogP) is 3.41. The number of aryl methyl sites for hydroxylation is 2. The Labute approximate surface area is 109 Å². The lowest BCUT2D eigenvalue weighted by atomic mass is 10.0. The fourth-order valence-corrected chi connectivity index (χ4v) is 2.52. The zero-order chi connectivity index (χ0) is 12.4. The maximum atomic E-state index is 3.58. The van der Waals surface area contributed by atoms with E-state index in [1.165, 1.54) is 47.7 Å². The van der Waals surface area contributed by atoms with E-state index in [1.54, 1.807) is 0 Å². The lowest BCUT2D eigenvalue weighted by Crippen LogP contribution is -2.17. The van der Waals surface area contributed by atoms with E-state index in [2.05, 4.69) is 41.6 Å². The van der Waals surface area contributed by atoms with Crippen LogP contribution in [0.4, 0.5) is 0 Å². The lowest BCUT2D eigenvalue weighted by Gasteiger charge is -2.03. The summed E-state index contributed by atoms with van der Waals surface area (Å²) in [5, 5.41) is 5.00. The third-order valence-corrected chi connectivity index (χ3v) is 3.87. The third-order valence-electron chi connectivity index (χ3n) is 3.87. The highest BCUT2D eigenvalue weighted by atomic mass is 14.9. The smallest absolute Gasteiger partial charge is 0.0456 e. The van der Waals surface area contributed by atoms with Crippen LogP contribution in [0.5, 0.6) is 0 Å². The molecular formula is C16H22N2. The Bertz CT molecular complexity index is 523. The van der Waals surface area contributed by atoms with E-state index < -0.39 is 0 Å². The Morgan fingerprint density at radius 1 is 1.33 bits per heavy atom. The number of benzene rings is 1. The van der Waals surface area contributed by atoms with Gasteiger partial charge in [-0.15, -0.1) is 0 Å². The Morgan fingerprint density at radius 3 is 3.00 bits per heavy atom. The second kappa shape index (κ2) is 5.15. The first-order chi connectivity index (χ1) is 8.86. The van der Waals surface area contributed by atoms with Gasteiger partial charge in [0.05, 0.1) is 0 Å². The number of nitrogens with one attached hydrogen (secondary N) is 2. The molecule has 1 saturated carbocycles. The number of hydrogen-bond acceptors (Lipinski definition) is 1. The molecule has 0 spiro atoms. The van der Waals surface area contributed by atoms with E-state index in [0.717, 1.165) is 19.0 Å². The van der Waals surface area contributed by atoms with Gasteiger partial charge in [-0.1, -0.05) is 13.0 Å². The van der Waals surface area contributed by atoms with Crippen molar-refractivity contribution < 1.29 is 0 Å². The van der Waals surface area contributed by atoms with Crippen LogP contribution in [-0.4, -0.2) is 17.6 Å². The van der Waals surface area contributed by atoms with Gasteiger partial charge < -0.3 is 10.3 Å². The van der Waals surface area contributed by atoms with Gasteiger partial charge in [-0.25, -0.2) is 0 Å². The average Bonchev–Trinajstić information content (AvgIpc) is 3.15. The van der Waals surface area contributed by atoms with Crippen LogP contribution in [0.3, 0.4) is 0 Å². The third kappa shape index (κ3) is 2.59. The van der Waals surface area contributed by atoms with Gasteiger partial charge in [-0.05, 0) is 61.9 Å². The van der Waals surface area contributed by atoms with Crippen LogP contribution >= 0.6 is 0 Å². The summed E-state index contributed by atoms with van der Waals surface area (Å²) in [5.41, 5.74) is 4.18. The normalized spacial score (nSPS) is 15.4. The fraction of sp³-hybridized carbons (Fsp3) is 0.500. The highest BCUT2D eigenvalue weighted by Crippen LogP contribution is 2.22. The fourth-order valence-electron chi connectivity index (χ4n) is 2.52. The SMILES string of the molecule is CCc1ccc2[nH]cc(CCCNC3CC3)c2c1. The van der Waals surface area contributed by atoms with Gasteiger partial charge >= 0.3 is 0 Å². The number of H-pyrrole nitrogens is 1. The van der Waals surface area contributed by atoms with Gasteiger partial charge in [0.25, 0.3) is 0 Å². The molecule has 0 atom stereocenters. The Hall–Kier alpha value is -1.28. The van der Waals surface area contributed by atoms with Crippen molar-refractivity contribution in [3.63, 3.8) is 0 Å². The van der Waals surface area contributed by atoms with Crippen LogP contribution in [0.1, 0.15) is 37.3 Å². The molecule has 0 aliphatic heterocycles. The van der Waals surface area contributed by atoms with Crippen LogP contribution in [0.15, 0.2) is 24.4 Å². The zero-order valence-electron chi connectivity index (χ0n) is 11.1. The van der Waals surface area contributed by atoms with Gasteiger partial charge in [-0.3, -0.25) is 0 Å². The summed E-state index contributed by atoms with van der Waals surface area (Å²) in [5.74, 6) is 0. The molecule has 2 N–H and O–H groups in total. The van der Waals surface area contributed by atoms with Crippen molar-refractivity contribution in [1.82, 2.24) is 10.3 Å². The maximum absolute atomic E-state index is 3.58.